The molecule has 84 valence electrons. The molecule has 3 nitrogen and oxygen atoms in total. The molecule has 0 atom stereocenters. The first kappa shape index (κ1) is 11.2. The molecule has 0 bridgehead atoms. The summed E-state index contributed by atoms with van der Waals surface area (Å²) in [7, 11) is 0. The van der Waals surface area contributed by atoms with E-state index in [9.17, 15) is 4.79 Å². The Morgan fingerprint density at radius 2 is 2.44 bits per heavy atom. The Bertz CT molecular complexity index is 428. The number of amides is 1. The third kappa shape index (κ3) is 2.25. The molecule has 2 rings (SSSR count). The molecule has 16 heavy (non-hydrogen) atoms. The van der Waals surface area contributed by atoms with Crippen LogP contribution >= 0.6 is 11.3 Å². The summed E-state index contributed by atoms with van der Waals surface area (Å²) in [5, 5.41) is 10.5. The fourth-order valence-corrected chi connectivity index (χ4v) is 2.61. The lowest BCUT2D eigenvalue weighted by molar-refractivity contribution is 0.0751. The topological polar surface area (TPSA) is 44.1 Å². The number of nitrogens with zero attached hydrogens (tertiary/aromatic N) is 2. The molecule has 0 radical (unpaired) electrons. The average Bonchev–Trinajstić information content (AvgIpc) is 3.01. The molecule has 1 aromatic heterocycles. The van der Waals surface area contributed by atoms with Crippen molar-refractivity contribution in [2.75, 3.05) is 6.54 Å². The normalized spacial score (nSPS) is 14.5. The molecule has 0 N–H and O–H groups in total. The summed E-state index contributed by atoms with van der Waals surface area (Å²) in [6.07, 6.45) is 2.59. The van der Waals surface area contributed by atoms with Crippen molar-refractivity contribution in [3.05, 3.63) is 21.9 Å². The molecular weight excluding hydrogens is 220 g/mol. The van der Waals surface area contributed by atoms with E-state index in [0.717, 1.165) is 23.3 Å². The minimum absolute atomic E-state index is 0.102. The van der Waals surface area contributed by atoms with Gasteiger partial charge in [-0.15, -0.1) is 11.3 Å². The lowest BCUT2D eigenvalue weighted by atomic mass is 10.2. The maximum absolute atomic E-state index is 12.2. The number of aryl methyl sites for hydroxylation is 1. The van der Waals surface area contributed by atoms with Crippen LogP contribution in [0.2, 0.25) is 0 Å². The zero-order valence-electron chi connectivity index (χ0n) is 9.27. The SMILES string of the molecule is Cc1ccsc1C(=O)N(CCC#N)C1CC1. The van der Waals surface area contributed by atoms with Gasteiger partial charge in [0.15, 0.2) is 0 Å². The third-order valence-electron chi connectivity index (χ3n) is 2.77. The zero-order chi connectivity index (χ0) is 11.5. The lowest BCUT2D eigenvalue weighted by Crippen LogP contribution is -2.33. The van der Waals surface area contributed by atoms with Gasteiger partial charge in [-0.25, -0.2) is 0 Å². The fourth-order valence-electron chi connectivity index (χ4n) is 1.73. The molecule has 1 aliphatic rings. The molecule has 4 heteroatoms. The second-order valence-corrected chi connectivity index (χ2v) is 4.99. The van der Waals surface area contributed by atoms with Gasteiger partial charge >= 0.3 is 0 Å². The number of hydrogen-bond donors (Lipinski definition) is 0. The summed E-state index contributed by atoms with van der Waals surface area (Å²) in [6.45, 7) is 2.52. The average molecular weight is 234 g/mol. The predicted octanol–water partition coefficient (Wildman–Crippen LogP) is 2.57. The van der Waals surface area contributed by atoms with Crippen LogP contribution in [0, 0.1) is 18.3 Å². The molecule has 0 spiro atoms. The zero-order valence-corrected chi connectivity index (χ0v) is 10.1. The van der Waals surface area contributed by atoms with Crippen LogP contribution in [-0.4, -0.2) is 23.4 Å². The van der Waals surface area contributed by atoms with Crippen LogP contribution in [0.1, 0.15) is 34.5 Å². The lowest BCUT2D eigenvalue weighted by Gasteiger charge is -2.20. The van der Waals surface area contributed by atoms with Crippen molar-refractivity contribution in [3.8, 4) is 6.07 Å². The maximum Gasteiger partial charge on any atom is 0.264 e. The van der Waals surface area contributed by atoms with E-state index in [0.29, 0.717) is 19.0 Å². The summed E-state index contributed by atoms with van der Waals surface area (Å²) < 4.78 is 0. The first-order valence-electron chi connectivity index (χ1n) is 5.46. The number of carbonyl (C=O) groups excluding carboxylic acids is 1. The Hall–Kier alpha value is -1.34. The first-order valence-corrected chi connectivity index (χ1v) is 6.34. The highest BCUT2D eigenvalue weighted by Gasteiger charge is 2.33. The Kier molecular flexibility index (Phi) is 3.25. The Morgan fingerprint density at radius 1 is 1.69 bits per heavy atom. The number of nitriles is 1. The Balaban J connectivity index is 2.11. The molecule has 1 aromatic rings. The number of carbonyl (C=O) groups is 1. The van der Waals surface area contributed by atoms with E-state index in [1.807, 2.05) is 23.3 Å². The number of hydrogen-bond acceptors (Lipinski definition) is 3. The Morgan fingerprint density at radius 3 is 2.94 bits per heavy atom. The summed E-state index contributed by atoms with van der Waals surface area (Å²) in [5.41, 5.74) is 1.04. The van der Waals surface area contributed by atoms with Gasteiger partial charge in [0.1, 0.15) is 0 Å². The van der Waals surface area contributed by atoms with Gasteiger partial charge in [0.25, 0.3) is 5.91 Å². The van der Waals surface area contributed by atoms with Crippen LogP contribution in [0.5, 0.6) is 0 Å². The van der Waals surface area contributed by atoms with Gasteiger partial charge in [0, 0.05) is 12.6 Å². The van der Waals surface area contributed by atoms with E-state index in [1.54, 1.807) is 0 Å². The van der Waals surface area contributed by atoms with E-state index in [-0.39, 0.29) is 5.91 Å². The van der Waals surface area contributed by atoms with Crippen molar-refractivity contribution in [2.24, 2.45) is 0 Å². The largest absolute Gasteiger partial charge is 0.334 e. The molecular formula is C12H14N2OS. The first-order chi connectivity index (χ1) is 7.74. The highest BCUT2D eigenvalue weighted by atomic mass is 32.1. The van der Waals surface area contributed by atoms with Gasteiger partial charge in [0.2, 0.25) is 0 Å². The summed E-state index contributed by atoms with van der Waals surface area (Å²) >= 11 is 1.49. The smallest absolute Gasteiger partial charge is 0.264 e. The van der Waals surface area contributed by atoms with Crippen molar-refractivity contribution in [1.82, 2.24) is 4.90 Å². The van der Waals surface area contributed by atoms with Crippen LogP contribution in [0.15, 0.2) is 11.4 Å². The van der Waals surface area contributed by atoms with Gasteiger partial charge in [-0.1, -0.05) is 0 Å². The van der Waals surface area contributed by atoms with E-state index < -0.39 is 0 Å². The van der Waals surface area contributed by atoms with Gasteiger partial charge in [-0.05, 0) is 36.8 Å². The minimum Gasteiger partial charge on any atom is -0.334 e. The summed E-state index contributed by atoms with van der Waals surface area (Å²) in [6, 6.07) is 4.45. The molecule has 0 aromatic carbocycles. The second kappa shape index (κ2) is 4.67. The highest BCUT2D eigenvalue weighted by molar-refractivity contribution is 7.12. The third-order valence-corrected chi connectivity index (χ3v) is 3.77. The van der Waals surface area contributed by atoms with Crippen LogP contribution in [0.4, 0.5) is 0 Å². The number of thiophene rings is 1. The summed E-state index contributed by atoms with van der Waals surface area (Å²) in [4.78, 5) is 14.9. The van der Waals surface area contributed by atoms with Crippen molar-refractivity contribution in [3.63, 3.8) is 0 Å². The molecule has 0 saturated heterocycles. The second-order valence-electron chi connectivity index (χ2n) is 4.07. The number of rotatable bonds is 4. The van der Waals surface area contributed by atoms with Gasteiger partial charge in [0.05, 0.1) is 17.4 Å². The van der Waals surface area contributed by atoms with Crippen LogP contribution in [-0.2, 0) is 0 Å². The monoisotopic (exact) mass is 234 g/mol. The van der Waals surface area contributed by atoms with Crippen LogP contribution in [0.25, 0.3) is 0 Å². The molecule has 1 aliphatic carbocycles. The van der Waals surface area contributed by atoms with Crippen molar-refractivity contribution in [1.29, 1.82) is 5.26 Å². The van der Waals surface area contributed by atoms with E-state index in [4.69, 9.17) is 5.26 Å². The molecule has 1 heterocycles. The van der Waals surface area contributed by atoms with Gasteiger partial charge < -0.3 is 4.90 Å². The van der Waals surface area contributed by atoms with Crippen LogP contribution in [0.3, 0.4) is 0 Å². The molecule has 1 fully saturated rings. The summed E-state index contributed by atoms with van der Waals surface area (Å²) in [5.74, 6) is 0.102. The highest BCUT2D eigenvalue weighted by Crippen LogP contribution is 2.30. The van der Waals surface area contributed by atoms with Crippen molar-refractivity contribution >= 4 is 17.2 Å². The molecule has 1 saturated carbocycles. The molecule has 0 unspecified atom stereocenters. The van der Waals surface area contributed by atoms with Crippen molar-refractivity contribution < 1.29 is 4.79 Å². The molecule has 0 aliphatic heterocycles. The van der Waals surface area contributed by atoms with Gasteiger partial charge in [-0.2, -0.15) is 5.26 Å². The minimum atomic E-state index is 0.102. The fraction of sp³-hybridized carbons (Fsp3) is 0.500. The predicted molar refractivity (Wildman–Crippen MR) is 63.3 cm³/mol. The standard InChI is InChI=1S/C12H14N2OS/c1-9-5-8-16-11(9)12(15)14(7-2-6-13)10-3-4-10/h5,8,10H,2-4,7H2,1H3. The van der Waals surface area contributed by atoms with Crippen molar-refractivity contribution in [2.45, 2.75) is 32.2 Å². The maximum atomic E-state index is 12.2. The van der Waals surface area contributed by atoms with E-state index in [2.05, 4.69) is 6.07 Å². The van der Waals surface area contributed by atoms with E-state index in [1.165, 1.54) is 11.3 Å². The Labute approximate surface area is 99.3 Å². The van der Waals surface area contributed by atoms with Crippen LogP contribution < -0.4 is 0 Å². The quantitative estimate of drug-likeness (QED) is 0.803. The van der Waals surface area contributed by atoms with E-state index >= 15 is 0 Å². The molecule has 1 amide bonds. The van der Waals surface area contributed by atoms with Gasteiger partial charge in [-0.3, -0.25) is 4.79 Å².